The van der Waals surface area contributed by atoms with Gasteiger partial charge in [-0.25, -0.2) is 9.78 Å². The first-order valence-corrected chi connectivity index (χ1v) is 8.58. The average molecular weight is 409 g/mol. The van der Waals surface area contributed by atoms with Gasteiger partial charge in [0.15, 0.2) is 6.10 Å². The number of carbonyl (C=O) groups excluding carboxylic acids is 1. The van der Waals surface area contributed by atoms with Gasteiger partial charge in [0.05, 0.1) is 16.9 Å². The molecule has 0 saturated carbocycles. The molecular formula is C18H18F3N5O3. The summed E-state index contributed by atoms with van der Waals surface area (Å²) < 4.78 is 42.0. The lowest BCUT2D eigenvalue weighted by Crippen LogP contribution is -2.34. The summed E-state index contributed by atoms with van der Waals surface area (Å²) in [5, 5.41) is 21.0. The fourth-order valence-electron chi connectivity index (χ4n) is 2.49. The standard InChI is InChI=1S/C18H18F3N5O3/c1-10(11-5-3-2-4-6-11)23-17(28)24-15-7-13-12(8-22-15)16(26-25-13)29-9-14(27)18(19,20)21/h2-8,10,14,27H,9H2,1H3,(H,25,26)(H2,22,23,24,28)/t10-,14+/m1/s1. The number of ether oxygens (including phenoxy) is 1. The number of hydrogen-bond acceptors (Lipinski definition) is 5. The number of nitrogens with one attached hydrogen (secondary N) is 3. The molecule has 8 nitrogen and oxygen atoms in total. The second kappa shape index (κ2) is 8.35. The number of aromatic amines is 1. The smallest absolute Gasteiger partial charge is 0.417 e. The number of aliphatic hydroxyl groups excluding tert-OH is 1. The number of halogens is 3. The van der Waals surface area contributed by atoms with Crippen molar-refractivity contribution in [1.29, 1.82) is 0 Å². The lowest BCUT2D eigenvalue weighted by molar-refractivity contribution is -0.210. The van der Waals surface area contributed by atoms with Gasteiger partial charge in [-0.2, -0.15) is 13.2 Å². The van der Waals surface area contributed by atoms with Crippen LogP contribution in [0, 0.1) is 0 Å². The minimum absolute atomic E-state index is 0.135. The zero-order valence-corrected chi connectivity index (χ0v) is 15.2. The van der Waals surface area contributed by atoms with Crippen molar-refractivity contribution in [3.8, 4) is 5.88 Å². The van der Waals surface area contributed by atoms with E-state index in [1.807, 2.05) is 37.3 Å². The van der Waals surface area contributed by atoms with Crippen molar-refractivity contribution in [2.75, 3.05) is 11.9 Å². The van der Waals surface area contributed by atoms with E-state index in [0.29, 0.717) is 10.9 Å². The second-order valence-corrected chi connectivity index (χ2v) is 6.24. The topological polar surface area (TPSA) is 112 Å². The Kier molecular flexibility index (Phi) is 5.87. The van der Waals surface area contributed by atoms with Gasteiger partial charge in [0.25, 0.3) is 0 Å². The highest BCUT2D eigenvalue weighted by atomic mass is 19.4. The second-order valence-electron chi connectivity index (χ2n) is 6.24. The van der Waals surface area contributed by atoms with Crippen molar-refractivity contribution in [2.45, 2.75) is 25.2 Å². The molecule has 2 atom stereocenters. The summed E-state index contributed by atoms with van der Waals surface area (Å²) in [5.41, 5.74) is 1.32. The van der Waals surface area contributed by atoms with Crippen LogP contribution in [0.1, 0.15) is 18.5 Å². The highest BCUT2D eigenvalue weighted by Crippen LogP contribution is 2.25. The van der Waals surface area contributed by atoms with E-state index in [-0.39, 0.29) is 17.7 Å². The molecule has 0 bridgehead atoms. The molecule has 0 aliphatic heterocycles. The molecule has 0 fully saturated rings. The van der Waals surface area contributed by atoms with Crippen LogP contribution in [-0.4, -0.2) is 45.2 Å². The molecule has 2 heterocycles. The Bertz CT molecular complexity index is 978. The van der Waals surface area contributed by atoms with Gasteiger partial charge in [-0.3, -0.25) is 10.4 Å². The van der Waals surface area contributed by atoms with Crippen molar-refractivity contribution in [3.63, 3.8) is 0 Å². The molecule has 0 aliphatic rings. The fourth-order valence-corrected chi connectivity index (χ4v) is 2.49. The predicted octanol–water partition coefficient (Wildman–Crippen LogP) is 3.14. The number of hydrogen-bond donors (Lipinski definition) is 4. The van der Waals surface area contributed by atoms with Gasteiger partial charge in [0, 0.05) is 12.3 Å². The summed E-state index contributed by atoms with van der Waals surface area (Å²) in [6.45, 7) is 0.836. The molecule has 0 radical (unpaired) electrons. The maximum atomic E-state index is 12.3. The number of pyridine rings is 1. The number of H-pyrrole nitrogens is 1. The molecule has 3 rings (SSSR count). The molecule has 0 saturated heterocycles. The number of benzene rings is 1. The molecule has 29 heavy (non-hydrogen) atoms. The minimum Gasteiger partial charge on any atom is -0.473 e. The molecule has 1 aromatic carbocycles. The number of fused-ring (bicyclic) bond motifs is 1. The number of urea groups is 1. The monoisotopic (exact) mass is 409 g/mol. The van der Waals surface area contributed by atoms with Crippen LogP contribution < -0.4 is 15.4 Å². The van der Waals surface area contributed by atoms with E-state index in [4.69, 9.17) is 9.84 Å². The first kappa shape index (κ1) is 20.4. The normalized spacial score (nSPS) is 13.7. The maximum absolute atomic E-state index is 12.3. The summed E-state index contributed by atoms with van der Waals surface area (Å²) in [6, 6.07) is 10.1. The molecule has 11 heteroatoms. The molecular weight excluding hydrogens is 391 g/mol. The van der Waals surface area contributed by atoms with Crippen LogP contribution in [0.2, 0.25) is 0 Å². The number of aliphatic hydroxyl groups is 1. The molecule has 2 amide bonds. The van der Waals surface area contributed by atoms with Crippen LogP contribution in [0.15, 0.2) is 42.6 Å². The zero-order chi connectivity index (χ0) is 21.0. The van der Waals surface area contributed by atoms with Gasteiger partial charge >= 0.3 is 12.2 Å². The molecule has 0 spiro atoms. The number of alkyl halides is 3. The van der Waals surface area contributed by atoms with E-state index in [9.17, 15) is 18.0 Å². The first-order chi connectivity index (χ1) is 13.7. The maximum Gasteiger partial charge on any atom is 0.417 e. The quantitative estimate of drug-likeness (QED) is 0.500. The van der Waals surface area contributed by atoms with E-state index < -0.39 is 24.9 Å². The van der Waals surface area contributed by atoms with Gasteiger partial charge in [0.1, 0.15) is 12.4 Å². The molecule has 0 unspecified atom stereocenters. The Morgan fingerprint density at radius 2 is 2.03 bits per heavy atom. The average Bonchev–Trinajstić information content (AvgIpc) is 3.08. The number of carbonyl (C=O) groups is 1. The van der Waals surface area contributed by atoms with Crippen molar-refractivity contribution in [3.05, 3.63) is 48.2 Å². The largest absolute Gasteiger partial charge is 0.473 e. The van der Waals surface area contributed by atoms with Crippen LogP contribution in [0.25, 0.3) is 10.9 Å². The predicted molar refractivity (Wildman–Crippen MR) is 98.5 cm³/mol. The lowest BCUT2D eigenvalue weighted by atomic mass is 10.1. The fraction of sp³-hybridized carbons (Fsp3) is 0.278. The first-order valence-electron chi connectivity index (χ1n) is 8.58. The van der Waals surface area contributed by atoms with Gasteiger partial charge in [-0.15, -0.1) is 5.10 Å². The Morgan fingerprint density at radius 1 is 1.31 bits per heavy atom. The molecule has 3 aromatic rings. The molecule has 154 valence electrons. The number of aromatic nitrogens is 3. The lowest BCUT2D eigenvalue weighted by Gasteiger charge is -2.15. The van der Waals surface area contributed by atoms with Crippen LogP contribution in [0.5, 0.6) is 5.88 Å². The summed E-state index contributed by atoms with van der Waals surface area (Å²) in [7, 11) is 0. The number of nitrogens with zero attached hydrogens (tertiary/aromatic N) is 2. The van der Waals surface area contributed by atoms with Gasteiger partial charge in [-0.05, 0) is 12.5 Å². The minimum atomic E-state index is -4.79. The van der Waals surface area contributed by atoms with E-state index in [2.05, 4.69) is 25.8 Å². The van der Waals surface area contributed by atoms with Crippen LogP contribution >= 0.6 is 0 Å². The number of anilines is 1. The van der Waals surface area contributed by atoms with Crippen molar-refractivity contribution in [2.24, 2.45) is 0 Å². The van der Waals surface area contributed by atoms with Crippen LogP contribution in [-0.2, 0) is 0 Å². The Morgan fingerprint density at radius 3 is 2.72 bits per heavy atom. The SMILES string of the molecule is C[C@@H](NC(=O)Nc1cc2[nH]nc(OC[C@H](O)C(F)(F)F)c2cn1)c1ccccc1. The van der Waals surface area contributed by atoms with Crippen molar-refractivity contribution >= 4 is 22.8 Å². The van der Waals surface area contributed by atoms with Crippen molar-refractivity contribution in [1.82, 2.24) is 20.5 Å². The van der Waals surface area contributed by atoms with Gasteiger partial charge in [0.2, 0.25) is 5.88 Å². The Hall–Kier alpha value is -3.34. The highest BCUT2D eigenvalue weighted by Gasteiger charge is 2.39. The summed E-state index contributed by atoms with van der Waals surface area (Å²) in [5.74, 6) is 0.0743. The van der Waals surface area contributed by atoms with E-state index >= 15 is 0 Å². The summed E-state index contributed by atoms with van der Waals surface area (Å²) in [4.78, 5) is 16.2. The Labute approximate surface area is 163 Å². The van der Waals surface area contributed by atoms with E-state index in [1.165, 1.54) is 12.3 Å². The molecule has 0 aliphatic carbocycles. The summed E-state index contributed by atoms with van der Waals surface area (Å²) in [6.07, 6.45) is -6.12. The molecule has 4 N–H and O–H groups in total. The third-order valence-corrected chi connectivity index (χ3v) is 4.06. The number of amides is 2. The third-order valence-electron chi connectivity index (χ3n) is 4.06. The highest BCUT2D eigenvalue weighted by molar-refractivity contribution is 5.92. The van der Waals surface area contributed by atoms with E-state index in [1.54, 1.807) is 0 Å². The van der Waals surface area contributed by atoms with Gasteiger partial charge < -0.3 is 15.2 Å². The Balaban J connectivity index is 1.62. The van der Waals surface area contributed by atoms with Gasteiger partial charge in [-0.1, -0.05) is 30.3 Å². The van der Waals surface area contributed by atoms with E-state index in [0.717, 1.165) is 5.56 Å². The van der Waals surface area contributed by atoms with Crippen molar-refractivity contribution < 1.29 is 27.8 Å². The van der Waals surface area contributed by atoms with Crippen LogP contribution in [0.3, 0.4) is 0 Å². The molecule has 2 aromatic heterocycles. The van der Waals surface area contributed by atoms with Crippen LogP contribution in [0.4, 0.5) is 23.8 Å². The zero-order valence-electron chi connectivity index (χ0n) is 15.2. The number of rotatable bonds is 6. The summed E-state index contributed by atoms with van der Waals surface area (Å²) >= 11 is 0. The third kappa shape index (κ3) is 5.13.